The highest BCUT2D eigenvalue weighted by molar-refractivity contribution is 7.91. The zero-order valence-electron chi connectivity index (χ0n) is 10.6. The molecule has 0 saturated carbocycles. The van der Waals surface area contributed by atoms with Crippen molar-refractivity contribution in [2.24, 2.45) is 0 Å². The Morgan fingerprint density at radius 2 is 2.06 bits per heavy atom. The highest BCUT2D eigenvalue weighted by Crippen LogP contribution is 2.10. The van der Waals surface area contributed by atoms with E-state index in [-0.39, 0.29) is 11.5 Å². The lowest BCUT2D eigenvalue weighted by Crippen LogP contribution is -2.39. The average Bonchev–Trinajstić information content (AvgIpc) is 2.35. The van der Waals surface area contributed by atoms with Crippen molar-refractivity contribution in [1.29, 1.82) is 0 Å². The van der Waals surface area contributed by atoms with E-state index in [1.807, 2.05) is 25.3 Å². The predicted molar refractivity (Wildman–Crippen MR) is 72.3 cm³/mol. The van der Waals surface area contributed by atoms with Crippen LogP contribution in [0.15, 0.2) is 18.3 Å². The second kappa shape index (κ2) is 5.67. The number of sulfone groups is 1. The van der Waals surface area contributed by atoms with Gasteiger partial charge in [-0.15, -0.1) is 0 Å². The highest BCUT2D eigenvalue weighted by atomic mass is 32.2. The molecule has 18 heavy (non-hydrogen) atoms. The number of rotatable bonds is 4. The van der Waals surface area contributed by atoms with E-state index in [1.165, 1.54) is 0 Å². The van der Waals surface area contributed by atoms with Gasteiger partial charge in [0.15, 0.2) is 9.84 Å². The summed E-state index contributed by atoms with van der Waals surface area (Å²) in [5.74, 6) is 1.42. The lowest BCUT2D eigenvalue weighted by molar-refractivity contribution is 0.287. The van der Waals surface area contributed by atoms with Gasteiger partial charge in [0.1, 0.15) is 5.82 Å². The number of pyridine rings is 1. The molecule has 1 aliphatic heterocycles. The maximum absolute atomic E-state index is 11.3. The van der Waals surface area contributed by atoms with Crippen LogP contribution < -0.4 is 5.32 Å². The molecule has 0 spiro atoms. The summed E-state index contributed by atoms with van der Waals surface area (Å²) in [6.07, 6.45) is 1.85. The van der Waals surface area contributed by atoms with Gasteiger partial charge in [0.2, 0.25) is 0 Å². The maximum Gasteiger partial charge on any atom is 0.152 e. The van der Waals surface area contributed by atoms with Crippen molar-refractivity contribution >= 4 is 15.7 Å². The van der Waals surface area contributed by atoms with Crippen LogP contribution in [0.5, 0.6) is 0 Å². The van der Waals surface area contributed by atoms with Gasteiger partial charge in [0, 0.05) is 32.4 Å². The van der Waals surface area contributed by atoms with Gasteiger partial charge in [-0.05, 0) is 18.6 Å². The number of nitrogens with one attached hydrogen (secondary N) is 1. The molecule has 6 heteroatoms. The van der Waals surface area contributed by atoms with Gasteiger partial charge in [0.25, 0.3) is 0 Å². The molecule has 1 saturated heterocycles. The van der Waals surface area contributed by atoms with Gasteiger partial charge < -0.3 is 5.32 Å². The normalized spacial score (nSPS) is 19.6. The molecular formula is C12H19N3O2S. The molecule has 0 bridgehead atoms. The summed E-state index contributed by atoms with van der Waals surface area (Å²) in [6, 6.07) is 3.99. The molecule has 2 heterocycles. The summed E-state index contributed by atoms with van der Waals surface area (Å²) in [6.45, 7) is 4.91. The molecule has 1 aromatic rings. The number of nitrogens with zero attached hydrogens (tertiary/aromatic N) is 2. The van der Waals surface area contributed by atoms with Gasteiger partial charge in [-0.3, -0.25) is 4.90 Å². The molecular weight excluding hydrogens is 250 g/mol. The summed E-state index contributed by atoms with van der Waals surface area (Å²) < 4.78 is 22.6. The van der Waals surface area contributed by atoms with Crippen molar-refractivity contribution < 1.29 is 8.42 Å². The minimum atomic E-state index is -2.79. The summed E-state index contributed by atoms with van der Waals surface area (Å²) in [5, 5.41) is 3.15. The van der Waals surface area contributed by atoms with E-state index in [0.29, 0.717) is 13.1 Å². The molecule has 0 radical (unpaired) electrons. The van der Waals surface area contributed by atoms with Crippen molar-refractivity contribution in [1.82, 2.24) is 9.88 Å². The quantitative estimate of drug-likeness (QED) is 0.873. The Bertz CT molecular complexity index is 471. The monoisotopic (exact) mass is 269 g/mol. The third-order valence-electron chi connectivity index (χ3n) is 3.03. The standard InChI is InChI=1S/C12H19N3O2S/c1-2-13-12-4-3-11(9-14-12)10-15-5-7-18(16,17)8-6-15/h3-4,9H,2,5-8,10H2,1H3,(H,13,14). The lowest BCUT2D eigenvalue weighted by Gasteiger charge is -2.26. The van der Waals surface area contributed by atoms with E-state index >= 15 is 0 Å². The van der Waals surface area contributed by atoms with Crippen LogP contribution in [0.25, 0.3) is 0 Å². The van der Waals surface area contributed by atoms with Crippen LogP contribution in [0.1, 0.15) is 12.5 Å². The molecule has 0 amide bonds. The van der Waals surface area contributed by atoms with E-state index < -0.39 is 9.84 Å². The first-order valence-electron chi connectivity index (χ1n) is 6.20. The summed E-state index contributed by atoms with van der Waals surface area (Å²) in [5.41, 5.74) is 1.12. The van der Waals surface area contributed by atoms with Crippen LogP contribution >= 0.6 is 0 Å². The summed E-state index contributed by atoms with van der Waals surface area (Å²) >= 11 is 0. The van der Waals surface area contributed by atoms with Gasteiger partial charge in [-0.2, -0.15) is 0 Å². The first-order valence-corrected chi connectivity index (χ1v) is 8.03. The number of hydrogen-bond donors (Lipinski definition) is 1. The molecule has 0 atom stereocenters. The lowest BCUT2D eigenvalue weighted by atomic mass is 10.2. The van der Waals surface area contributed by atoms with Gasteiger partial charge in [0.05, 0.1) is 11.5 Å². The Morgan fingerprint density at radius 1 is 1.33 bits per heavy atom. The van der Waals surface area contributed by atoms with Crippen LogP contribution in [0.4, 0.5) is 5.82 Å². The Kier molecular flexibility index (Phi) is 4.19. The molecule has 1 fully saturated rings. The van der Waals surface area contributed by atoms with E-state index in [4.69, 9.17) is 0 Å². The van der Waals surface area contributed by atoms with Crippen molar-refractivity contribution in [3.8, 4) is 0 Å². The topological polar surface area (TPSA) is 62.3 Å². The van der Waals surface area contributed by atoms with Gasteiger partial charge >= 0.3 is 0 Å². The minimum Gasteiger partial charge on any atom is -0.370 e. The molecule has 0 aromatic carbocycles. The zero-order valence-corrected chi connectivity index (χ0v) is 11.4. The molecule has 0 aliphatic carbocycles. The molecule has 2 rings (SSSR count). The summed E-state index contributed by atoms with van der Waals surface area (Å²) in [7, 11) is -2.79. The van der Waals surface area contributed by atoms with E-state index in [9.17, 15) is 8.42 Å². The molecule has 1 N–H and O–H groups in total. The van der Waals surface area contributed by atoms with Crippen molar-refractivity contribution in [3.63, 3.8) is 0 Å². The van der Waals surface area contributed by atoms with Crippen LogP contribution in [0, 0.1) is 0 Å². The van der Waals surface area contributed by atoms with E-state index in [1.54, 1.807) is 0 Å². The highest BCUT2D eigenvalue weighted by Gasteiger charge is 2.21. The largest absolute Gasteiger partial charge is 0.370 e. The Labute approximate surface area is 108 Å². The first-order chi connectivity index (χ1) is 8.59. The maximum atomic E-state index is 11.3. The van der Waals surface area contributed by atoms with E-state index in [2.05, 4.69) is 15.2 Å². The van der Waals surface area contributed by atoms with Crippen molar-refractivity contribution in [2.75, 3.05) is 36.5 Å². The van der Waals surface area contributed by atoms with E-state index in [0.717, 1.165) is 24.5 Å². The minimum absolute atomic E-state index is 0.274. The third-order valence-corrected chi connectivity index (χ3v) is 4.64. The SMILES string of the molecule is CCNc1ccc(CN2CCS(=O)(=O)CC2)cn1. The summed E-state index contributed by atoms with van der Waals surface area (Å²) in [4.78, 5) is 6.46. The van der Waals surface area contributed by atoms with Crippen LogP contribution in [0.3, 0.4) is 0 Å². The molecule has 100 valence electrons. The Balaban J connectivity index is 1.90. The van der Waals surface area contributed by atoms with Gasteiger partial charge in [-0.1, -0.05) is 6.07 Å². The van der Waals surface area contributed by atoms with Crippen LogP contribution in [0.2, 0.25) is 0 Å². The first kappa shape index (κ1) is 13.3. The fourth-order valence-electron chi connectivity index (χ4n) is 1.97. The molecule has 0 unspecified atom stereocenters. The smallest absolute Gasteiger partial charge is 0.152 e. The molecule has 1 aliphatic rings. The van der Waals surface area contributed by atoms with Crippen molar-refractivity contribution in [2.45, 2.75) is 13.5 Å². The number of hydrogen-bond acceptors (Lipinski definition) is 5. The predicted octanol–water partition coefficient (Wildman–Crippen LogP) is 0.744. The Hall–Kier alpha value is -1.14. The second-order valence-electron chi connectivity index (χ2n) is 4.51. The fourth-order valence-corrected chi connectivity index (χ4v) is 3.25. The zero-order chi connectivity index (χ0) is 13.0. The van der Waals surface area contributed by atoms with Crippen LogP contribution in [-0.4, -0.2) is 49.4 Å². The molecule has 1 aromatic heterocycles. The van der Waals surface area contributed by atoms with Gasteiger partial charge in [-0.25, -0.2) is 13.4 Å². The number of anilines is 1. The van der Waals surface area contributed by atoms with Crippen molar-refractivity contribution in [3.05, 3.63) is 23.9 Å². The number of aromatic nitrogens is 1. The Morgan fingerprint density at radius 3 is 2.61 bits per heavy atom. The third kappa shape index (κ3) is 3.68. The average molecular weight is 269 g/mol. The fraction of sp³-hybridized carbons (Fsp3) is 0.583. The van der Waals surface area contributed by atoms with Crippen LogP contribution in [-0.2, 0) is 16.4 Å². The second-order valence-corrected chi connectivity index (χ2v) is 6.81. The molecule has 5 nitrogen and oxygen atoms in total.